The fourth-order valence-electron chi connectivity index (χ4n) is 4.78. The van der Waals surface area contributed by atoms with E-state index in [1.54, 1.807) is 6.07 Å². The third-order valence-corrected chi connectivity index (χ3v) is 6.84. The van der Waals surface area contributed by atoms with E-state index in [1.165, 1.54) is 12.5 Å². The Balaban J connectivity index is 1.39. The summed E-state index contributed by atoms with van der Waals surface area (Å²) in [7, 11) is 0. The number of hydrogen-bond donors (Lipinski definition) is 0. The molecule has 0 bridgehead atoms. The van der Waals surface area contributed by atoms with Crippen molar-refractivity contribution in [3.05, 3.63) is 42.0 Å². The van der Waals surface area contributed by atoms with Crippen molar-refractivity contribution in [3.8, 4) is 5.75 Å². The predicted molar refractivity (Wildman–Crippen MR) is 119 cm³/mol. The smallest absolute Gasteiger partial charge is 0.200 e. The molecular weight excluding hydrogens is 398 g/mol. The van der Waals surface area contributed by atoms with E-state index in [4.69, 9.17) is 14.2 Å². The number of hydrogen-bond acceptors (Lipinski definition) is 3. The van der Waals surface area contributed by atoms with Crippen molar-refractivity contribution in [2.45, 2.75) is 89.9 Å². The average molecular weight is 437 g/mol. The molecule has 1 aliphatic heterocycles. The van der Waals surface area contributed by atoms with Gasteiger partial charge in [-0.25, -0.2) is 4.39 Å². The Kier molecular flexibility index (Phi) is 9.79. The van der Waals surface area contributed by atoms with Crippen molar-refractivity contribution in [2.75, 3.05) is 13.2 Å². The van der Waals surface area contributed by atoms with Crippen LogP contribution in [0.2, 0.25) is 0 Å². The van der Waals surface area contributed by atoms with Gasteiger partial charge in [0.05, 0.1) is 32.0 Å². The molecule has 3 nitrogen and oxygen atoms in total. The first kappa shape index (κ1) is 24.2. The summed E-state index contributed by atoms with van der Waals surface area (Å²) in [6, 6.07) is 3.09. The minimum atomic E-state index is -0.912. The van der Waals surface area contributed by atoms with Crippen LogP contribution in [-0.4, -0.2) is 25.4 Å². The Labute approximate surface area is 186 Å². The van der Waals surface area contributed by atoms with Crippen LogP contribution in [0, 0.1) is 23.5 Å². The van der Waals surface area contributed by atoms with E-state index < -0.39 is 11.6 Å². The molecule has 1 saturated heterocycles. The number of halogens is 2. The number of unbranched alkanes of at least 4 members (excludes halogenated alkanes) is 1. The molecule has 1 heterocycles. The summed E-state index contributed by atoms with van der Waals surface area (Å²) in [6.45, 7) is 7.18. The van der Waals surface area contributed by atoms with Gasteiger partial charge in [0.25, 0.3) is 0 Å². The fourth-order valence-corrected chi connectivity index (χ4v) is 4.78. The lowest BCUT2D eigenvalue weighted by Gasteiger charge is -2.37. The van der Waals surface area contributed by atoms with Gasteiger partial charge in [-0.1, -0.05) is 19.4 Å². The highest BCUT2D eigenvalue weighted by molar-refractivity contribution is 5.30. The molecule has 174 valence electrons. The van der Waals surface area contributed by atoms with Gasteiger partial charge in [-0.05, 0) is 81.8 Å². The number of allylic oxidation sites excluding steroid dienone is 1. The van der Waals surface area contributed by atoms with Crippen LogP contribution < -0.4 is 4.74 Å². The summed E-state index contributed by atoms with van der Waals surface area (Å²) in [6.07, 6.45) is 12.9. The van der Waals surface area contributed by atoms with E-state index >= 15 is 0 Å². The molecule has 3 rings (SSSR count). The van der Waals surface area contributed by atoms with Crippen LogP contribution in [0.3, 0.4) is 0 Å². The van der Waals surface area contributed by atoms with Crippen molar-refractivity contribution in [2.24, 2.45) is 11.8 Å². The molecule has 1 aromatic rings. The first-order valence-corrected chi connectivity index (χ1v) is 12.1. The van der Waals surface area contributed by atoms with Gasteiger partial charge >= 0.3 is 0 Å². The van der Waals surface area contributed by atoms with E-state index in [9.17, 15) is 8.78 Å². The molecule has 1 aliphatic carbocycles. The van der Waals surface area contributed by atoms with Gasteiger partial charge in [0.2, 0.25) is 5.82 Å². The Morgan fingerprint density at radius 1 is 1.06 bits per heavy atom. The summed E-state index contributed by atoms with van der Waals surface area (Å²) < 4.78 is 46.0. The van der Waals surface area contributed by atoms with Crippen molar-refractivity contribution >= 4 is 0 Å². The van der Waals surface area contributed by atoms with Crippen LogP contribution in [0.4, 0.5) is 8.78 Å². The molecule has 0 amide bonds. The van der Waals surface area contributed by atoms with Gasteiger partial charge in [-0.2, -0.15) is 4.39 Å². The third-order valence-electron chi connectivity index (χ3n) is 6.84. The van der Waals surface area contributed by atoms with Crippen LogP contribution in [-0.2, 0) is 16.1 Å². The van der Waals surface area contributed by atoms with Crippen LogP contribution in [0.25, 0.3) is 0 Å². The van der Waals surface area contributed by atoms with Crippen LogP contribution in [0.15, 0.2) is 24.8 Å². The molecule has 2 unspecified atom stereocenters. The third kappa shape index (κ3) is 7.01. The highest BCUT2D eigenvalue weighted by Gasteiger charge is 2.31. The molecule has 0 aromatic heterocycles. The normalized spacial score (nSPS) is 26.5. The van der Waals surface area contributed by atoms with Crippen molar-refractivity contribution in [1.82, 2.24) is 0 Å². The first-order valence-electron chi connectivity index (χ1n) is 12.1. The van der Waals surface area contributed by atoms with Gasteiger partial charge < -0.3 is 14.2 Å². The summed E-state index contributed by atoms with van der Waals surface area (Å²) in [5.41, 5.74) is 0.258. The molecule has 31 heavy (non-hydrogen) atoms. The molecule has 1 aromatic carbocycles. The first-order chi connectivity index (χ1) is 15.1. The van der Waals surface area contributed by atoms with E-state index in [1.807, 2.05) is 13.0 Å². The van der Waals surface area contributed by atoms with Crippen LogP contribution >= 0.6 is 0 Å². The number of rotatable bonds is 11. The quantitative estimate of drug-likeness (QED) is 0.277. The van der Waals surface area contributed by atoms with E-state index in [0.29, 0.717) is 24.5 Å². The predicted octanol–water partition coefficient (Wildman–Crippen LogP) is 6.98. The standard InChI is InChI=1S/C26H38F2O3/c1-3-5-7-22-14-10-20(17-30-22)19-8-12-23(13-9-19)31-18-21-11-15-24(26(28)25(21)27)29-16-6-4-2/h3,11,15,19-20,22-23H,1,4-10,12-14,16-18H2,2H3. The average Bonchev–Trinajstić information content (AvgIpc) is 2.81. The Morgan fingerprint density at radius 3 is 2.52 bits per heavy atom. The lowest BCUT2D eigenvalue weighted by molar-refractivity contribution is -0.0532. The van der Waals surface area contributed by atoms with E-state index in [0.717, 1.165) is 64.4 Å². The van der Waals surface area contributed by atoms with Crippen LogP contribution in [0.5, 0.6) is 5.75 Å². The van der Waals surface area contributed by atoms with Gasteiger partial charge in [-0.15, -0.1) is 6.58 Å². The zero-order chi connectivity index (χ0) is 22.1. The Morgan fingerprint density at radius 2 is 1.84 bits per heavy atom. The molecule has 0 spiro atoms. The molecule has 0 radical (unpaired) electrons. The molecule has 2 fully saturated rings. The highest BCUT2D eigenvalue weighted by Crippen LogP contribution is 2.37. The van der Waals surface area contributed by atoms with Gasteiger partial charge in [0.1, 0.15) is 0 Å². The molecule has 2 atom stereocenters. The highest BCUT2D eigenvalue weighted by atomic mass is 19.2. The summed E-state index contributed by atoms with van der Waals surface area (Å²) in [5, 5.41) is 0. The summed E-state index contributed by atoms with van der Waals surface area (Å²) in [4.78, 5) is 0. The SMILES string of the molecule is C=CCCC1CCC(C2CCC(OCc3ccc(OCCCC)c(F)c3F)CC2)CO1. The van der Waals surface area contributed by atoms with E-state index in [-0.39, 0.29) is 24.0 Å². The minimum absolute atomic E-state index is 0.0170. The topological polar surface area (TPSA) is 27.7 Å². The zero-order valence-corrected chi connectivity index (χ0v) is 18.9. The van der Waals surface area contributed by atoms with Crippen molar-refractivity contribution in [1.29, 1.82) is 0 Å². The van der Waals surface area contributed by atoms with Crippen LogP contribution in [0.1, 0.15) is 76.7 Å². The van der Waals surface area contributed by atoms with Crippen molar-refractivity contribution < 1.29 is 23.0 Å². The van der Waals surface area contributed by atoms with Gasteiger partial charge in [0.15, 0.2) is 11.6 Å². The number of benzene rings is 1. The minimum Gasteiger partial charge on any atom is -0.490 e. The van der Waals surface area contributed by atoms with Gasteiger partial charge in [0, 0.05) is 5.56 Å². The maximum atomic E-state index is 14.4. The Bertz CT molecular complexity index is 677. The maximum Gasteiger partial charge on any atom is 0.200 e. The monoisotopic (exact) mass is 436 g/mol. The summed E-state index contributed by atoms with van der Waals surface area (Å²) >= 11 is 0. The molecule has 5 heteroatoms. The fraction of sp³-hybridized carbons (Fsp3) is 0.692. The largest absolute Gasteiger partial charge is 0.490 e. The van der Waals surface area contributed by atoms with Gasteiger partial charge in [-0.3, -0.25) is 0 Å². The lowest BCUT2D eigenvalue weighted by Crippen LogP contribution is -2.33. The molecule has 1 saturated carbocycles. The van der Waals surface area contributed by atoms with Crippen molar-refractivity contribution in [3.63, 3.8) is 0 Å². The lowest BCUT2D eigenvalue weighted by atomic mass is 9.76. The molecular formula is C26H38F2O3. The second-order valence-electron chi connectivity index (χ2n) is 9.06. The maximum absolute atomic E-state index is 14.4. The molecule has 0 N–H and O–H groups in total. The second-order valence-corrected chi connectivity index (χ2v) is 9.06. The number of ether oxygens (including phenoxy) is 3. The zero-order valence-electron chi connectivity index (χ0n) is 18.9. The van der Waals surface area contributed by atoms with E-state index in [2.05, 4.69) is 6.58 Å². The molecule has 2 aliphatic rings. The summed E-state index contributed by atoms with van der Waals surface area (Å²) in [5.74, 6) is -0.448. The second kappa shape index (κ2) is 12.5. The Hall–Kier alpha value is -1.46.